The van der Waals surface area contributed by atoms with Crippen molar-refractivity contribution in [3.8, 4) is 0 Å². The molecule has 0 fully saturated rings. The van der Waals surface area contributed by atoms with Crippen LogP contribution in [0.1, 0.15) is 27.0 Å². The summed E-state index contributed by atoms with van der Waals surface area (Å²) in [5.41, 5.74) is 3.99. The van der Waals surface area contributed by atoms with Crippen LogP contribution in [0, 0.1) is 6.92 Å². The normalized spacial score (nSPS) is 11.0. The molecule has 0 saturated carbocycles. The van der Waals surface area contributed by atoms with Gasteiger partial charge in [0.1, 0.15) is 0 Å². The zero-order valence-corrected chi connectivity index (χ0v) is 12.3. The molecule has 1 heterocycles. The molecular formula is C18H17NO3. The van der Waals surface area contributed by atoms with Crippen molar-refractivity contribution in [2.24, 2.45) is 0 Å². The van der Waals surface area contributed by atoms with Crippen molar-refractivity contribution in [1.29, 1.82) is 0 Å². The molecule has 4 nitrogen and oxygen atoms in total. The van der Waals surface area contributed by atoms with E-state index in [1.165, 1.54) is 0 Å². The van der Waals surface area contributed by atoms with Gasteiger partial charge in [0.15, 0.2) is 0 Å². The minimum atomic E-state index is -0.908. The lowest BCUT2D eigenvalue weighted by Gasteiger charge is -2.10. The highest BCUT2D eigenvalue weighted by Gasteiger charge is 2.13. The minimum absolute atomic E-state index is 0.0163. The van der Waals surface area contributed by atoms with Gasteiger partial charge in [0, 0.05) is 12.7 Å². The Kier molecular flexibility index (Phi) is 3.69. The Morgan fingerprint density at radius 2 is 1.91 bits per heavy atom. The summed E-state index contributed by atoms with van der Waals surface area (Å²) in [4.78, 5) is 11.3. The van der Waals surface area contributed by atoms with E-state index in [1.807, 2.05) is 54.1 Å². The number of aromatic nitrogens is 1. The van der Waals surface area contributed by atoms with Crippen LogP contribution in [0.5, 0.6) is 0 Å². The van der Waals surface area contributed by atoms with Crippen LogP contribution in [-0.4, -0.2) is 20.7 Å². The molecule has 0 aliphatic heterocycles. The van der Waals surface area contributed by atoms with Crippen molar-refractivity contribution in [3.63, 3.8) is 0 Å². The SMILES string of the molecule is Cc1c(C(=O)O)ccc2ccn(Cc3cccc(CO)c3)c12. The lowest BCUT2D eigenvalue weighted by molar-refractivity contribution is 0.0696. The molecule has 22 heavy (non-hydrogen) atoms. The molecule has 0 aliphatic rings. The van der Waals surface area contributed by atoms with Crippen molar-refractivity contribution in [3.05, 3.63) is 70.9 Å². The van der Waals surface area contributed by atoms with Gasteiger partial charge in [-0.05, 0) is 41.1 Å². The number of aromatic carboxylic acids is 1. The monoisotopic (exact) mass is 295 g/mol. The van der Waals surface area contributed by atoms with Crippen LogP contribution < -0.4 is 0 Å². The number of benzene rings is 2. The van der Waals surface area contributed by atoms with Crippen molar-refractivity contribution >= 4 is 16.9 Å². The molecule has 0 atom stereocenters. The van der Waals surface area contributed by atoms with E-state index in [4.69, 9.17) is 0 Å². The zero-order chi connectivity index (χ0) is 15.7. The number of rotatable bonds is 4. The van der Waals surface area contributed by atoms with Gasteiger partial charge in [-0.15, -0.1) is 0 Å². The second kappa shape index (κ2) is 5.66. The summed E-state index contributed by atoms with van der Waals surface area (Å²) in [6, 6.07) is 13.2. The first kappa shape index (κ1) is 14.4. The molecular weight excluding hydrogens is 278 g/mol. The number of nitrogens with zero attached hydrogens (tertiary/aromatic N) is 1. The number of carbonyl (C=O) groups is 1. The molecule has 2 N–H and O–H groups in total. The number of hydrogen-bond acceptors (Lipinski definition) is 2. The maximum atomic E-state index is 11.3. The second-order valence-corrected chi connectivity index (χ2v) is 5.40. The Labute approximate surface area is 128 Å². The first-order valence-corrected chi connectivity index (χ1v) is 7.10. The fraction of sp³-hybridized carbons (Fsp3) is 0.167. The topological polar surface area (TPSA) is 62.5 Å². The number of carboxylic acid groups (broad SMARTS) is 1. The van der Waals surface area contributed by atoms with Gasteiger partial charge in [0.05, 0.1) is 17.7 Å². The van der Waals surface area contributed by atoms with E-state index in [-0.39, 0.29) is 6.61 Å². The molecule has 0 unspecified atom stereocenters. The Morgan fingerprint density at radius 1 is 1.14 bits per heavy atom. The number of aryl methyl sites for hydroxylation is 1. The Balaban J connectivity index is 2.07. The summed E-state index contributed by atoms with van der Waals surface area (Å²) in [6.07, 6.45) is 1.97. The Morgan fingerprint density at radius 3 is 2.64 bits per heavy atom. The van der Waals surface area contributed by atoms with Gasteiger partial charge >= 0.3 is 5.97 Å². The van der Waals surface area contributed by atoms with Crippen LogP contribution in [-0.2, 0) is 13.2 Å². The average molecular weight is 295 g/mol. The van der Waals surface area contributed by atoms with E-state index in [9.17, 15) is 15.0 Å². The summed E-state index contributed by atoms with van der Waals surface area (Å²) in [5, 5.41) is 19.5. The standard InChI is InChI=1S/C18H17NO3/c1-12-16(18(21)22)6-5-15-7-8-19(17(12)15)10-13-3-2-4-14(9-13)11-20/h2-9,20H,10-11H2,1H3,(H,21,22). The van der Waals surface area contributed by atoms with E-state index in [1.54, 1.807) is 6.07 Å². The van der Waals surface area contributed by atoms with E-state index < -0.39 is 5.97 Å². The summed E-state index contributed by atoms with van der Waals surface area (Å²) in [5.74, 6) is -0.908. The highest BCUT2D eigenvalue weighted by molar-refractivity contribution is 5.96. The highest BCUT2D eigenvalue weighted by atomic mass is 16.4. The lowest BCUT2D eigenvalue weighted by atomic mass is 10.1. The summed E-state index contributed by atoms with van der Waals surface area (Å²) in [7, 11) is 0. The predicted octanol–water partition coefficient (Wildman–Crippen LogP) is 3.19. The van der Waals surface area contributed by atoms with Crippen LogP contribution in [0.4, 0.5) is 0 Å². The third-order valence-corrected chi connectivity index (χ3v) is 3.94. The molecule has 0 saturated heterocycles. The quantitative estimate of drug-likeness (QED) is 0.777. The molecule has 0 bridgehead atoms. The van der Waals surface area contributed by atoms with E-state index in [0.29, 0.717) is 12.1 Å². The first-order chi connectivity index (χ1) is 10.6. The summed E-state index contributed by atoms with van der Waals surface area (Å²) >= 11 is 0. The number of aliphatic hydroxyl groups is 1. The molecule has 1 aromatic heterocycles. The smallest absolute Gasteiger partial charge is 0.336 e. The minimum Gasteiger partial charge on any atom is -0.478 e. The van der Waals surface area contributed by atoms with Gasteiger partial charge in [-0.1, -0.05) is 30.3 Å². The van der Waals surface area contributed by atoms with E-state index in [0.717, 1.165) is 27.6 Å². The van der Waals surface area contributed by atoms with E-state index in [2.05, 4.69) is 0 Å². The molecule has 0 amide bonds. The fourth-order valence-electron chi connectivity index (χ4n) is 2.87. The van der Waals surface area contributed by atoms with Gasteiger partial charge in [-0.25, -0.2) is 4.79 Å². The molecule has 3 rings (SSSR count). The number of hydrogen-bond donors (Lipinski definition) is 2. The average Bonchev–Trinajstić information content (AvgIpc) is 2.91. The summed E-state index contributed by atoms with van der Waals surface area (Å²) < 4.78 is 2.05. The number of carboxylic acids is 1. The van der Waals surface area contributed by atoms with Crippen LogP contribution in [0.2, 0.25) is 0 Å². The van der Waals surface area contributed by atoms with Crippen molar-refractivity contribution in [2.75, 3.05) is 0 Å². The molecule has 3 aromatic rings. The van der Waals surface area contributed by atoms with Crippen molar-refractivity contribution in [1.82, 2.24) is 4.57 Å². The van der Waals surface area contributed by atoms with Gasteiger partial charge in [0.25, 0.3) is 0 Å². The lowest BCUT2D eigenvalue weighted by Crippen LogP contribution is -2.04. The zero-order valence-electron chi connectivity index (χ0n) is 12.3. The molecule has 4 heteroatoms. The molecule has 0 aliphatic carbocycles. The van der Waals surface area contributed by atoms with Gasteiger partial charge < -0.3 is 14.8 Å². The van der Waals surface area contributed by atoms with Crippen molar-refractivity contribution < 1.29 is 15.0 Å². The second-order valence-electron chi connectivity index (χ2n) is 5.40. The van der Waals surface area contributed by atoms with E-state index >= 15 is 0 Å². The maximum Gasteiger partial charge on any atom is 0.336 e. The van der Waals surface area contributed by atoms with Gasteiger partial charge in [-0.2, -0.15) is 0 Å². The summed E-state index contributed by atoms with van der Waals surface area (Å²) in [6.45, 7) is 2.50. The molecule has 0 spiro atoms. The molecule has 2 aromatic carbocycles. The number of fused-ring (bicyclic) bond motifs is 1. The van der Waals surface area contributed by atoms with Gasteiger partial charge in [0.2, 0.25) is 0 Å². The largest absolute Gasteiger partial charge is 0.478 e. The van der Waals surface area contributed by atoms with Crippen LogP contribution in [0.25, 0.3) is 10.9 Å². The highest BCUT2D eigenvalue weighted by Crippen LogP contribution is 2.24. The maximum absolute atomic E-state index is 11.3. The first-order valence-electron chi connectivity index (χ1n) is 7.10. The Bertz CT molecular complexity index is 849. The fourth-order valence-corrected chi connectivity index (χ4v) is 2.87. The number of aliphatic hydroxyl groups excluding tert-OH is 1. The molecule has 0 radical (unpaired) electrons. The molecule has 112 valence electrons. The Hall–Kier alpha value is -2.59. The van der Waals surface area contributed by atoms with Crippen LogP contribution in [0.3, 0.4) is 0 Å². The van der Waals surface area contributed by atoms with Crippen LogP contribution in [0.15, 0.2) is 48.7 Å². The van der Waals surface area contributed by atoms with Crippen molar-refractivity contribution in [2.45, 2.75) is 20.1 Å². The van der Waals surface area contributed by atoms with Crippen LogP contribution >= 0.6 is 0 Å². The third-order valence-electron chi connectivity index (χ3n) is 3.94. The van der Waals surface area contributed by atoms with Gasteiger partial charge in [-0.3, -0.25) is 0 Å². The third kappa shape index (κ3) is 2.49. The predicted molar refractivity (Wildman–Crippen MR) is 85.1 cm³/mol.